The summed E-state index contributed by atoms with van der Waals surface area (Å²) in [6.07, 6.45) is 1.27. The number of nitrogens with zero attached hydrogens (tertiary/aromatic N) is 3. The van der Waals surface area contributed by atoms with E-state index in [1.54, 1.807) is 17.0 Å². The molecule has 0 aliphatic carbocycles. The van der Waals surface area contributed by atoms with Gasteiger partial charge in [0.15, 0.2) is 5.69 Å². The van der Waals surface area contributed by atoms with Crippen LogP contribution in [0.2, 0.25) is 5.02 Å². The summed E-state index contributed by atoms with van der Waals surface area (Å²) in [5.41, 5.74) is 1.22. The first-order valence-electron chi connectivity index (χ1n) is 8.70. The highest BCUT2D eigenvalue weighted by atomic mass is 35.5. The summed E-state index contributed by atoms with van der Waals surface area (Å²) in [7, 11) is 0. The largest absolute Gasteiger partial charge is 0.431 e. The summed E-state index contributed by atoms with van der Waals surface area (Å²) in [6, 6.07) is 11.2. The molecule has 2 aromatic heterocycles. The van der Waals surface area contributed by atoms with Gasteiger partial charge in [-0.3, -0.25) is 14.9 Å². The normalized spacial score (nSPS) is 14.2. The van der Waals surface area contributed by atoms with Crippen LogP contribution < -0.4 is 10.2 Å². The minimum atomic E-state index is -0.314. The highest BCUT2D eigenvalue weighted by Crippen LogP contribution is 2.21. The van der Waals surface area contributed by atoms with Crippen molar-refractivity contribution in [2.75, 3.05) is 36.4 Å². The van der Waals surface area contributed by atoms with Gasteiger partial charge >= 0.3 is 6.01 Å². The third kappa shape index (κ3) is 4.02. The van der Waals surface area contributed by atoms with Crippen LogP contribution in [0.4, 0.5) is 11.7 Å². The van der Waals surface area contributed by atoms with Crippen LogP contribution in [0.3, 0.4) is 0 Å². The Morgan fingerprint density at radius 2 is 1.96 bits per heavy atom. The van der Waals surface area contributed by atoms with E-state index in [-0.39, 0.29) is 23.5 Å². The van der Waals surface area contributed by atoms with Gasteiger partial charge in [0, 0.05) is 36.9 Å². The van der Waals surface area contributed by atoms with Crippen LogP contribution in [0.15, 0.2) is 52.5 Å². The summed E-state index contributed by atoms with van der Waals surface area (Å²) in [5, 5.41) is 5.06. The fraction of sp³-hybridized carbons (Fsp3) is 0.211. The molecule has 1 aliphatic rings. The van der Waals surface area contributed by atoms with Crippen LogP contribution in [0.5, 0.6) is 0 Å². The lowest BCUT2D eigenvalue weighted by Crippen LogP contribution is -2.48. The molecule has 0 saturated carbocycles. The Morgan fingerprint density at radius 3 is 2.68 bits per heavy atom. The first-order valence-corrected chi connectivity index (χ1v) is 9.96. The molecule has 9 heteroatoms. The van der Waals surface area contributed by atoms with Gasteiger partial charge in [-0.05, 0) is 29.6 Å². The van der Waals surface area contributed by atoms with Gasteiger partial charge in [0.2, 0.25) is 0 Å². The second-order valence-electron chi connectivity index (χ2n) is 6.23. The van der Waals surface area contributed by atoms with Gasteiger partial charge in [0.25, 0.3) is 11.8 Å². The summed E-state index contributed by atoms with van der Waals surface area (Å²) in [4.78, 5) is 33.3. The number of carbonyl (C=O) groups is 2. The summed E-state index contributed by atoms with van der Waals surface area (Å²) < 4.78 is 5.24. The van der Waals surface area contributed by atoms with E-state index in [1.807, 2.05) is 29.6 Å². The number of anilines is 2. The molecule has 1 aromatic carbocycles. The number of carbonyl (C=O) groups excluding carboxylic acids is 2. The van der Waals surface area contributed by atoms with Crippen LogP contribution in [-0.4, -0.2) is 47.9 Å². The van der Waals surface area contributed by atoms with Crippen molar-refractivity contribution < 1.29 is 14.0 Å². The van der Waals surface area contributed by atoms with Crippen molar-refractivity contribution in [3.05, 3.63) is 63.6 Å². The second-order valence-corrected chi connectivity index (χ2v) is 7.61. The molecule has 1 saturated heterocycles. The maximum atomic E-state index is 12.7. The van der Waals surface area contributed by atoms with Gasteiger partial charge in [-0.2, -0.15) is 4.98 Å². The third-order valence-corrected chi connectivity index (χ3v) is 5.53. The fourth-order valence-electron chi connectivity index (χ4n) is 3.00. The zero-order valence-electron chi connectivity index (χ0n) is 14.8. The molecule has 1 N–H and O–H groups in total. The zero-order valence-corrected chi connectivity index (χ0v) is 16.4. The van der Waals surface area contributed by atoms with Crippen molar-refractivity contribution in [2.24, 2.45) is 0 Å². The molecule has 7 nitrogen and oxygen atoms in total. The Morgan fingerprint density at radius 1 is 1.14 bits per heavy atom. The molecule has 1 fully saturated rings. The summed E-state index contributed by atoms with van der Waals surface area (Å²) >= 11 is 7.37. The average Bonchev–Trinajstić information content (AvgIpc) is 3.40. The average molecular weight is 417 g/mol. The Hall–Kier alpha value is -2.84. The summed E-state index contributed by atoms with van der Waals surface area (Å²) in [5.74, 6) is -0.530. The fourth-order valence-corrected chi connectivity index (χ4v) is 3.80. The van der Waals surface area contributed by atoms with E-state index < -0.39 is 0 Å². The lowest BCUT2D eigenvalue weighted by Gasteiger charge is -2.35. The number of hydrogen-bond acceptors (Lipinski definition) is 6. The number of nitrogens with one attached hydrogen (secondary N) is 1. The van der Waals surface area contributed by atoms with Crippen LogP contribution in [0.25, 0.3) is 0 Å². The van der Waals surface area contributed by atoms with Crippen molar-refractivity contribution in [1.82, 2.24) is 9.88 Å². The topological polar surface area (TPSA) is 78.7 Å². The molecule has 0 atom stereocenters. The van der Waals surface area contributed by atoms with Gasteiger partial charge in [0.1, 0.15) is 6.26 Å². The van der Waals surface area contributed by atoms with E-state index in [0.29, 0.717) is 36.1 Å². The highest BCUT2D eigenvalue weighted by molar-refractivity contribution is 7.12. The Labute approximate surface area is 170 Å². The Kier molecular flexibility index (Phi) is 5.31. The van der Waals surface area contributed by atoms with E-state index >= 15 is 0 Å². The van der Waals surface area contributed by atoms with Crippen LogP contribution in [0, 0.1) is 0 Å². The maximum absolute atomic E-state index is 12.7. The molecule has 0 bridgehead atoms. The lowest BCUT2D eigenvalue weighted by atomic mass is 10.2. The number of benzene rings is 1. The summed E-state index contributed by atoms with van der Waals surface area (Å²) in [6.45, 7) is 2.53. The zero-order chi connectivity index (χ0) is 19.5. The van der Waals surface area contributed by atoms with E-state index in [4.69, 9.17) is 16.0 Å². The molecule has 2 amide bonds. The van der Waals surface area contributed by atoms with Crippen molar-refractivity contribution in [1.29, 1.82) is 0 Å². The molecule has 0 radical (unpaired) electrons. The van der Waals surface area contributed by atoms with Gasteiger partial charge < -0.3 is 14.2 Å². The first-order chi connectivity index (χ1) is 13.6. The highest BCUT2D eigenvalue weighted by Gasteiger charge is 2.25. The minimum absolute atomic E-state index is 0.0133. The Bertz CT molecular complexity index is 981. The number of thiophene rings is 1. The van der Waals surface area contributed by atoms with E-state index in [1.165, 1.54) is 17.6 Å². The molecule has 28 heavy (non-hydrogen) atoms. The molecule has 0 unspecified atom stereocenters. The van der Waals surface area contributed by atoms with Crippen molar-refractivity contribution in [3.63, 3.8) is 0 Å². The maximum Gasteiger partial charge on any atom is 0.302 e. The molecule has 3 heterocycles. The first kappa shape index (κ1) is 18.5. The third-order valence-electron chi connectivity index (χ3n) is 4.43. The number of halogens is 1. The molecule has 1 aliphatic heterocycles. The molecule has 3 aromatic rings. The van der Waals surface area contributed by atoms with E-state index in [2.05, 4.69) is 15.2 Å². The molecular formula is C19H17ClN4O3S. The molecular weight excluding hydrogens is 400 g/mol. The van der Waals surface area contributed by atoms with E-state index in [0.717, 1.165) is 5.69 Å². The Balaban J connectivity index is 1.35. The monoisotopic (exact) mass is 416 g/mol. The number of oxazole rings is 1. The molecule has 144 valence electrons. The standard InChI is InChI=1S/C19H17ClN4O3S/c20-13-3-1-4-14(11-13)23-6-8-24(9-7-23)18(26)15-12-27-19(21-15)22-17(25)16-5-2-10-28-16/h1-5,10-12H,6-9H2,(H,21,22,25). The van der Waals surface area contributed by atoms with Crippen molar-refractivity contribution >= 4 is 46.5 Å². The molecule has 0 spiro atoms. The van der Waals surface area contributed by atoms with Crippen LogP contribution in [0.1, 0.15) is 20.2 Å². The van der Waals surface area contributed by atoms with Gasteiger partial charge in [0.05, 0.1) is 4.88 Å². The van der Waals surface area contributed by atoms with Crippen molar-refractivity contribution in [3.8, 4) is 0 Å². The van der Waals surface area contributed by atoms with Crippen molar-refractivity contribution in [2.45, 2.75) is 0 Å². The molecule has 4 rings (SSSR count). The van der Waals surface area contributed by atoms with Gasteiger partial charge in [-0.1, -0.05) is 23.7 Å². The predicted molar refractivity (Wildman–Crippen MR) is 108 cm³/mol. The number of hydrogen-bond donors (Lipinski definition) is 1. The van der Waals surface area contributed by atoms with E-state index in [9.17, 15) is 9.59 Å². The predicted octanol–water partition coefficient (Wildman–Crippen LogP) is 3.60. The smallest absolute Gasteiger partial charge is 0.302 e. The quantitative estimate of drug-likeness (QED) is 0.703. The lowest BCUT2D eigenvalue weighted by molar-refractivity contribution is 0.0740. The van der Waals surface area contributed by atoms with Gasteiger partial charge in [-0.25, -0.2) is 0 Å². The second kappa shape index (κ2) is 8.04. The number of rotatable bonds is 4. The van der Waals surface area contributed by atoms with Gasteiger partial charge in [-0.15, -0.1) is 11.3 Å². The SMILES string of the molecule is O=C(Nc1nc(C(=O)N2CCN(c3cccc(Cl)c3)CC2)co1)c1cccs1. The van der Waals surface area contributed by atoms with Crippen LogP contribution in [-0.2, 0) is 0 Å². The number of amides is 2. The number of piperazine rings is 1. The number of aromatic nitrogens is 1. The van der Waals surface area contributed by atoms with Crippen LogP contribution >= 0.6 is 22.9 Å². The minimum Gasteiger partial charge on any atom is -0.431 e.